The molecule has 0 saturated carbocycles. The van der Waals surface area contributed by atoms with Crippen molar-refractivity contribution in [2.45, 2.75) is 19.3 Å². The zero-order valence-corrected chi connectivity index (χ0v) is 16.3. The number of allylic oxidation sites excluding steroid dienone is 2. The van der Waals surface area contributed by atoms with Crippen LogP contribution >= 0.6 is 0 Å². The average Bonchev–Trinajstić information content (AvgIpc) is 2.98. The number of esters is 1. The zero-order chi connectivity index (χ0) is 20.8. The van der Waals surface area contributed by atoms with Crippen LogP contribution in [-0.2, 0) is 30.3 Å². The van der Waals surface area contributed by atoms with E-state index in [0.717, 1.165) is 16.2 Å². The van der Waals surface area contributed by atoms with Crippen LogP contribution < -0.4 is 10.1 Å². The third-order valence-corrected chi connectivity index (χ3v) is 5.15. The maximum atomic E-state index is 12.3. The van der Waals surface area contributed by atoms with Gasteiger partial charge in [0.15, 0.2) is 6.61 Å². The minimum Gasteiger partial charge on any atom is -0.497 e. The molecule has 0 bridgehead atoms. The van der Waals surface area contributed by atoms with Crippen molar-refractivity contribution in [1.82, 2.24) is 10.2 Å². The minimum atomic E-state index is -0.774. The highest BCUT2D eigenvalue weighted by molar-refractivity contribution is 6.07. The number of hydrogen-bond acceptors (Lipinski definition) is 6. The number of carbonyl (C=O) groups excluding carboxylic acids is 4. The van der Waals surface area contributed by atoms with Crippen molar-refractivity contribution in [2.24, 2.45) is 11.8 Å². The molecule has 1 fully saturated rings. The fourth-order valence-electron chi connectivity index (χ4n) is 3.54. The molecule has 3 amide bonds. The molecule has 154 valence electrons. The molecule has 3 rings (SSSR count). The van der Waals surface area contributed by atoms with E-state index in [1.54, 1.807) is 7.11 Å². The molecule has 1 N–H and O–H groups in total. The Kier molecular flexibility index (Phi) is 6.64. The van der Waals surface area contributed by atoms with Gasteiger partial charge in [0.05, 0.1) is 18.9 Å². The van der Waals surface area contributed by atoms with Gasteiger partial charge < -0.3 is 14.8 Å². The number of fused-ring (bicyclic) bond motifs is 1. The fourth-order valence-corrected chi connectivity index (χ4v) is 3.54. The number of imide groups is 1. The molecule has 1 aliphatic heterocycles. The quantitative estimate of drug-likeness (QED) is 0.394. The van der Waals surface area contributed by atoms with Gasteiger partial charge in [0, 0.05) is 6.54 Å². The Hall–Kier alpha value is -3.16. The molecule has 1 aromatic carbocycles. The van der Waals surface area contributed by atoms with Gasteiger partial charge in [-0.25, -0.2) is 0 Å². The summed E-state index contributed by atoms with van der Waals surface area (Å²) in [7, 11) is 1.59. The van der Waals surface area contributed by atoms with Gasteiger partial charge in [-0.05, 0) is 37.0 Å². The molecule has 1 aromatic rings. The van der Waals surface area contributed by atoms with Crippen LogP contribution in [0.15, 0.2) is 36.4 Å². The molecular formula is C21H24N2O6. The van der Waals surface area contributed by atoms with Crippen molar-refractivity contribution in [3.63, 3.8) is 0 Å². The van der Waals surface area contributed by atoms with Crippen molar-refractivity contribution in [2.75, 3.05) is 26.8 Å². The molecule has 8 heteroatoms. The summed E-state index contributed by atoms with van der Waals surface area (Å²) in [6, 6.07) is 7.49. The minimum absolute atomic E-state index is 0.342. The number of ether oxygens (including phenoxy) is 2. The van der Waals surface area contributed by atoms with Gasteiger partial charge in [0.1, 0.15) is 12.3 Å². The molecule has 1 heterocycles. The summed E-state index contributed by atoms with van der Waals surface area (Å²) in [5.41, 5.74) is 1.03. The van der Waals surface area contributed by atoms with Crippen LogP contribution in [0, 0.1) is 11.8 Å². The molecule has 8 nitrogen and oxygen atoms in total. The van der Waals surface area contributed by atoms with E-state index in [9.17, 15) is 19.2 Å². The summed E-state index contributed by atoms with van der Waals surface area (Å²) in [6.45, 7) is -0.516. The average molecular weight is 400 g/mol. The van der Waals surface area contributed by atoms with Crippen molar-refractivity contribution < 1.29 is 28.7 Å². The highest BCUT2D eigenvalue weighted by atomic mass is 16.5. The largest absolute Gasteiger partial charge is 0.497 e. The smallest absolute Gasteiger partial charge is 0.326 e. The highest BCUT2D eigenvalue weighted by Crippen LogP contribution is 2.34. The maximum absolute atomic E-state index is 12.3. The van der Waals surface area contributed by atoms with Crippen molar-refractivity contribution in [1.29, 1.82) is 0 Å². The van der Waals surface area contributed by atoms with Crippen molar-refractivity contribution in [3.8, 4) is 5.75 Å². The number of nitrogens with zero attached hydrogens (tertiary/aromatic N) is 1. The van der Waals surface area contributed by atoms with E-state index in [0.29, 0.717) is 25.8 Å². The SMILES string of the molecule is COc1ccc(CCNC(=O)COC(=O)CN2C(=O)[C@H]3CC=CC[C@@H]3C2=O)cc1. The van der Waals surface area contributed by atoms with E-state index < -0.39 is 25.0 Å². The van der Waals surface area contributed by atoms with Crippen LogP contribution in [0.25, 0.3) is 0 Å². The lowest BCUT2D eigenvalue weighted by Crippen LogP contribution is -2.38. The number of rotatable bonds is 8. The Morgan fingerprint density at radius 1 is 1.07 bits per heavy atom. The lowest BCUT2D eigenvalue weighted by Gasteiger charge is -2.14. The zero-order valence-electron chi connectivity index (χ0n) is 16.3. The summed E-state index contributed by atoms with van der Waals surface area (Å²) >= 11 is 0. The molecule has 0 unspecified atom stereocenters. The Bertz CT molecular complexity index is 791. The number of amides is 3. The summed E-state index contributed by atoms with van der Waals surface area (Å²) in [5, 5.41) is 2.66. The van der Waals surface area contributed by atoms with Gasteiger partial charge in [-0.15, -0.1) is 0 Å². The second kappa shape index (κ2) is 9.36. The molecule has 1 aliphatic carbocycles. The number of likely N-dealkylation sites (tertiary alicyclic amines) is 1. The third kappa shape index (κ3) is 5.01. The summed E-state index contributed by atoms with van der Waals surface area (Å²) in [4.78, 5) is 49.4. The number of hydrogen-bond donors (Lipinski definition) is 1. The molecular weight excluding hydrogens is 376 g/mol. The Morgan fingerprint density at radius 3 is 2.28 bits per heavy atom. The van der Waals surface area contributed by atoms with Crippen LogP contribution in [-0.4, -0.2) is 55.4 Å². The predicted molar refractivity (Wildman–Crippen MR) is 103 cm³/mol. The monoisotopic (exact) mass is 400 g/mol. The summed E-state index contributed by atoms with van der Waals surface area (Å²) in [5.74, 6) is -1.92. The van der Waals surface area contributed by atoms with E-state index in [-0.39, 0.29) is 23.7 Å². The van der Waals surface area contributed by atoms with Gasteiger partial charge in [0.25, 0.3) is 5.91 Å². The lowest BCUT2D eigenvalue weighted by atomic mass is 9.85. The first-order chi connectivity index (χ1) is 14.0. The first-order valence-corrected chi connectivity index (χ1v) is 9.55. The lowest BCUT2D eigenvalue weighted by molar-refractivity contribution is -0.154. The van der Waals surface area contributed by atoms with Crippen molar-refractivity contribution >= 4 is 23.7 Å². The molecule has 0 radical (unpaired) electrons. The van der Waals surface area contributed by atoms with Crippen LogP contribution in [0.5, 0.6) is 5.75 Å². The van der Waals surface area contributed by atoms with Crippen LogP contribution in [0.3, 0.4) is 0 Å². The molecule has 2 aliphatic rings. The molecule has 29 heavy (non-hydrogen) atoms. The Labute approximate surface area is 168 Å². The van der Waals surface area contributed by atoms with Gasteiger partial charge in [-0.2, -0.15) is 0 Å². The maximum Gasteiger partial charge on any atom is 0.326 e. The van der Waals surface area contributed by atoms with Gasteiger partial charge in [0.2, 0.25) is 11.8 Å². The second-order valence-corrected chi connectivity index (χ2v) is 7.03. The molecule has 2 atom stereocenters. The summed E-state index contributed by atoms with van der Waals surface area (Å²) < 4.78 is 10.0. The molecule has 1 saturated heterocycles. The van der Waals surface area contributed by atoms with E-state index in [1.807, 2.05) is 36.4 Å². The van der Waals surface area contributed by atoms with Crippen molar-refractivity contribution in [3.05, 3.63) is 42.0 Å². The number of carbonyl (C=O) groups is 4. The topological polar surface area (TPSA) is 102 Å². The van der Waals surface area contributed by atoms with Crippen LogP contribution in [0.4, 0.5) is 0 Å². The Balaban J connectivity index is 1.37. The molecule has 0 spiro atoms. The molecule has 0 aromatic heterocycles. The van der Waals surface area contributed by atoms with E-state index in [2.05, 4.69) is 5.32 Å². The number of methoxy groups -OCH3 is 1. The van der Waals surface area contributed by atoms with Gasteiger partial charge in [-0.3, -0.25) is 24.1 Å². The fraction of sp³-hybridized carbons (Fsp3) is 0.429. The van der Waals surface area contributed by atoms with E-state index in [4.69, 9.17) is 9.47 Å². The normalized spacial score (nSPS) is 20.4. The standard InChI is InChI=1S/C21H24N2O6/c1-28-15-8-6-14(7-9-15)10-11-22-18(24)13-29-19(25)12-23-20(26)16-4-2-3-5-17(16)21(23)27/h2-3,6-9,16-17H,4-5,10-13H2,1H3,(H,22,24)/t16-,17-/m0/s1. The second-order valence-electron chi connectivity index (χ2n) is 7.03. The number of benzene rings is 1. The van der Waals surface area contributed by atoms with Gasteiger partial charge >= 0.3 is 5.97 Å². The number of nitrogens with one attached hydrogen (secondary N) is 1. The van der Waals surface area contributed by atoms with Crippen LogP contribution in [0.1, 0.15) is 18.4 Å². The van der Waals surface area contributed by atoms with Crippen LogP contribution in [0.2, 0.25) is 0 Å². The van der Waals surface area contributed by atoms with E-state index in [1.165, 1.54) is 0 Å². The first-order valence-electron chi connectivity index (χ1n) is 9.55. The highest BCUT2D eigenvalue weighted by Gasteiger charge is 2.47. The van der Waals surface area contributed by atoms with Gasteiger partial charge in [-0.1, -0.05) is 24.3 Å². The predicted octanol–water partition coefficient (Wildman–Crippen LogP) is 0.848. The Morgan fingerprint density at radius 2 is 1.69 bits per heavy atom. The first kappa shape index (κ1) is 20.6. The third-order valence-electron chi connectivity index (χ3n) is 5.15. The van der Waals surface area contributed by atoms with E-state index >= 15 is 0 Å². The summed E-state index contributed by atoms with van der Waals surface area (Å²) in [6.07, 6.45) is 5.40.